The number of methoxy groups -OCH3 is 2. The fourth-order valence-corrected chi connectivity index (χ4v) is 3.00. The van der Waals surface area contributed by atoms with Crippen molar-refractivity contribution in [3.8, 4) is 17.2 Å². The molecule has 0 aliphatic carbocycles. The van der Waals surface area contributed by atoms with Crippen LogP contribution in [0.4, 0.5) is 11.4 Å². The second-order valence-corrected chi connectivity index (χ2v) is 6.26. The molecule has 0 aliphatic rings. The van der Waals surface area contributed by atoms with E-state index >= 15 is 0 Å². The topological polar surface area (TPSA) is 112 Å². The first kappa shape index (κ1) is 19.9. The minimum Gasteiger partial charge on any atom is -0.497 e. The first-order valence-electron chi connectivity index (χ1n) is 8.70. The summed E-state index contributed by atoms with van der Waals surface area (Å²) in [6.45, 7) is 3.50. The number of aromatic nitrogens is 2. The Bertz CT molecular complexity index is 1140. The van der Waals surface area contributed by atoms with Crippen LogP contribution >= 0.6 is 0 Å². The maximum absolute atomic E-state index is 13.0. The minimum atomic E-state index is -0.490. The summed E-state index contributed by atoms with van der Waals surface area (Å²) in [5.41, 5.74) is 2.20. The lowest BCUT2D eigenvalue weighted by molar-refractivity contribution is -0.384. The fourth-order valence-electron chi connectivity index (χ4n) is 3.00. The molecule has 0 unspecified atom stereocenters. The molecule has 3 rings (SSSR count). The monoisotopic (exact) mass is 396 g/mol. The molecule has 2 aromatic carbocycles. The van der Waals surface area contributed by atoms with Gasteiger partial charge in [0, 0.05) is 23.9 Å². The highest BCUT2D eigenvalue weighted by molar-refractivity contribution is 6.01. The zero-order valence-corrected chi connectivity index (χ0v) is 16.4. The predicted molar refractivity (Wildman–Crippen MR) is 109 cm³/mol. The summed E-state index contributed by atoms with van der Waals surface area (Å²) < 4.78 is 11.9. The van der Waals surface area contributed by atoms with E-state index in [1.165, 1.54) is 28.9 Å². The Morgan fingerprint density at radius 3 is 2.41 bits per heavy atom. The number of aliphatic imine (C=N–C) groups is 1. The zero-order chi connectivity index (χ0) is 21.1. The molecule has 29 heavy (non-hydrogen) atoms. The number of ether oxygens (including phenoxy) is 2. The number of nitro benzene ring substituents is 1. The molecule has 0 atom stereocenters. The van der Waals surface area contributed by atoms with Crippen LogP contribution in [0.15, 0.2) is 52.3 Å². The molecule has 0 bridgehead atoms. The van der Waals surface area contributed by atoms with Crippen molar-refractivity contribution < 1.29 is 14.4 Å². The summed E-state index contributed by atoms with van der Waals surface area (Å²) in [7, 11) is 3.10. The standard InChI is InChI=1S/C20H20N4O5/c1-12(21-17-11-16(28-3)9-10-18(17)29-4)19-13(2)22-23(20(19)25)14-5-7-15(8-6-14)24(26)27/h5-11,22H,1-4H3. The van der Waals surface area contributed by atoms with Crippen LogP contribution in [0.25, 0.3) is 5.69 Å². The van der Waals surface area contributed by atoms with E-state index < -0.39 is 4.92 Å². The van der Waals surface area contributed by atoms with E-state index in [0.717, 1.165) is 0 Å². The molecule has 150 valence electrons. The van der Waals surface area contributed by atoms with Crippen LogP contribution in [0.2, 0.25) is 0 Å². The van der Waals surface area contributed by atoms with Crippen LogP contribution in [0.3, 0.4) is 0 Å². The molecular weight excluding hydrogens is 376 g/mol. The van der Waals surface area contributed by atoms with Crippen LogP contribution in [-0.2, 0) is 0 Å². The highest BCUT2D eigenvalue weighted by Gasteiger charge is 2.17. The van der Waals surface area contributed by atoms with Crippen LogP contribution < -0.4 is 15.0 Å². The summed E-state index contributed by atoms with van der Waals surface area (Å²) in [4.78, 5) is 27.9. The summed E-state index contributed by atoms with van der Waals surface area (Å²) in [6, 6.07) is 10.9. The molecule has 0 aliphatic heterocycles. The number of benzene rings is 2. The van der Waals surface area contributed by atoms with Crippen molar-refractivity contribution in [3.05, 3.63) is 74.2 Å². The smallest absolute Gasteiger partial charge is 0.280 e. The third-order valence-electron chi connectivity index (χ3n) is 4.43. The van der Waals surface area contributed by atoms with Crippen LogP contribution in [0.1, 0.15) is 18.2 Å². The molecule has 9 heteroatoms. The van der Waals surface area contributed by atoms with Crippen molar-refractivity contribution in [2.45, 2.75) is 13.8 Å². The van der Waals surface area contributed by atoms with Gasteiger partial charge in [-0.05, 0) is 38.1 Å². The Hall–Kier alpha value is -3.88. The van der Waals surface area contributed by atoms with Gasteiger partial charge in [0.2, 0.25) is 0 Å². The number of rotatable bonds is 6. The second kappa shape index (κ2) is 8.01. The normalized spacial score (nSPS) is 11.4. The van der Waals surface area contributed by atoms with E-state index in [0.29, 0.717) is 39.8 Å². The molecule has 0 fully saturated rings. The number of non-ortho nitro benzene ring substituents is 1. The van der Waals surface area contributed by atoms with E-state index in [-0.39, 0.29) is 11.2 Å². The first-order chi connectivity index (χ1) is 13.8. The molecule has 0 radical (unpaired) electrons. The summed E-state index contributed by atoms with van der Waals surface area (Å²) in [6.07, 6.45) is 0. The van der Waals surface area contributed by atoms with Crippen molar-refractivity contribution in [1.29, 1.82) is 0 Å². The average Bonchev–Trinajstić information content (AvgIpc) is 3.02. The number of aromatic amines is 1. The Kier molecular flexibility index (Phi) is 5.49. The molecule has 3 aromatic rings. The molecule has 0 amide bonds. The van der Waals surface area contributed by atoms with Gasteiger partial charge in [-0.25, -0.2) is 9.67 Å². The van der Waals surface area contributed by atoms with Crippen molar-refractivity contribution >= 4 is 17.1 Å². The van der Waals surface area contributed by atoms with Gasteiger partial charge >= 0.3 is 0 Å². The van der Waals surface area contributed by atoms with Gasteiger partial charge in [0.15, 0.2) is 0 Å². The van der Waals surface area contributed by atoms with Crippen molar-refractivity contribution in [2.75, 3.05) is 14.2 Å². The quantitative estimate of drug-likeness (QED) is 0.389. The second-order valence-electron chi connectivity index (χ2n) is 6.26. The van der Waals surface area contributed by atoms with Crippen LogP contribution in [0.5, 0.6) is 11.5 Å². The number of aryl methyl sites for hydroxylation is 1. The highest BCUT2D eigenvalue weighted by atomic mass is 16.6. The minimum absolute atomic E-state index is 0.0480. The lowest BCUT2D eigenvalue weighted by Gasteiger charge is -2.07. The molecule has 1 heterocycles. The van der Waals surface area contributed by atoms with Gasteiger partial charge in [-0.1, -0.05) is 0 Å². The lowest BCUT2D eigenvalue weighted by Crippen LogP contribution is -2.19. The van der Waals surface area contributed by atoms with Gasteiger partial charge in [-0.15, -0.1) is 0 Å². The summed E-state index contributed by atoms with van der Waals surface area (Å²) >= 11 is 0. The van der Waals surface area contributed by atoms with E-state index in [9.17, 15) is 14.9 Å². The first-order valence-corrected chi connectivity index (χ1v) is 8.70. The molecule has 0 saturated heterocycles. The Morgan fingerprint density at radius 2 is 1.83 bits per heavy atom. The average molecular weight is 396 g/mol. The third kappa shape index (κ3) is 3.88. The Morgan fingerprint density at radius 1 is 1.14 bits per heavy atom. The number of H-pyrrole nitrogens is 1. The SMILES string of the molecule is COc1ccc(OC)c(N=C(C)c2c(C)[nH]n(-c3ccc([N+](=O)[O-])cc3)c2=O)c1. The highest BCUT2D eigenvalue weighted by Crippen LogP contribution is 2.32. The van der Waals surface area contributed by atoms with E-state index in [2.05, 4.69) is 10.1 Å². The molecule has 9 nitrogen and oxygen atoms in total. The molecule has 0 saturated carbocycles. The lowest BCUT2D eigenvalue weighted by atomic mass is 10.1. The Balaban J connectivity index is 2.05. The third-order valence-corrected chi connectivity index (χ3v) is 4.43. The van der Waals surface area contributed by atoms with Crippen molar-refractivity contribution in [1.82, 2.24) is 9.78 Å². The van der Waals surface area contributed by atoms with Crippen molar-refractivity contribution in [3.63, 3.8) is 0 Å². The van der Waals surface area contributed by atoms with E-state index in [4.69, 9.17) is 9.47 Å². The molecular formula is C20H20N4O5. The van der Waals surface area contributed by atoms with Gasteiger partial charge in [0.25, 0.3) is 11.2 Å². The van der Waals surface area contributed by atoms with Gasteiger partial charge in [0.1, 0.15) is 17.2 Å². The van der Waals surface area contributed by atoms with Gasteiger partial charge in [0.05, 0.1) is 36.1 Å². The number of hydrogen-bond acceptors (Lipinski definition) is 6. The zero-order valence-electron chi connectivity index (χ0n) is 16.4. The molecule has 1 N–H and O–H groups in total. The Labute approximate surface area is 166 Å². The number of hydrogen-bond donors (Lipinski definition) is 1. The van der Waals surface area contributed by atoms with Crippen LogP contribution in [-0.4, -0.2) is 34.6 Å². The predicted octanol–water partition coefficient (Wildman–Crippen LogP) is 3.54. The summed E-state index contributed by atoms with van der Waals surface area (Å²) in [5, 5.41) is 13.8. The fraction of sp³-hybridized carbons (Fsp3) is 0.200. The van der Waals surface area contributed by atoms with E-state index in [1.807, 2.05) is 0 Å². The number of nitrogens with zero attached hydrogens (tertiary/aromatic N) is 3. The molecule has 1 aromatic heterocycles. The maximum atomic E-state index is 13.0. The largest absolute Gasteiger partial charge is 0.497 e. The van der Waals surface area contributed by atoms with Gasteiger partial charge < -0.3 is 9.47 Å². The van der Waals surface area contributed by atoms with Gasteiger partial charge in [-0.2, -0.15) is 0 Å². The summed E-state index contributed by atoms with van der Waals surface area (Å²) in [5.74, 6) is 1.17. The number of nitrogens with one attached hydrogen (secondary N) is 1. The molecule has 0 spiro atoms. The van der Waals surface area contributed by atoms with Crippen LogP contribution in [0, 0.1) is 17.0 Å². The van der Waals surface area contributed by atoms with Gasteiger partial charge in [-0.3, -0.25) is 20.0 Å². The van der Waals surface area contributed by atoms with E-state index in [1.54, 1.807) is 46.3 Å². The van der Waals surface area contributed by atoms with Crippen molar-refractivity contribution in [2.24, 2.45) is 4.99 Å². The maximum Gasteiger partial charge on any atom is 0.280 e. The number of nitro groups is 1.